The normalized spacial score (nSPS) is 14.5. The first-order valence-electron chi connectivity index (χ1n) is 11.1. The number of hydrogen-bond donors (Lipinski definition) is 2. The molecule has 0 amide bonds. The molecule has 5 heteroatoms. The fourth-order valence-corrected chi connectivity index (χ4v) is 4.35. The zero-order chi connectivity index (χ0) is 19.7. The summed E-state index contributed by atoms with van der Waals surface area (Å²) in [5.74, 6) is 0. The van der Waals surface area contributed by atoms with Gasteiger partial charge in [-0.3, -0.25) is 4.55 Å². The second-order valence-electron chi connectivity index (χ2n) is 7.83. The molecule has 2 atom stereocenters. The molecule has 0 saturated heterocycles. The Kier molecular flexibility index (Phi) is 16.9. The largest absolute Gasteiger partial charge is 0.393 e. The molecule has 0 aromatic rings. The molecule has 0 aliphatic rings. The van der Waals surface area contributed by atoms with E-state index in [0.29, 0.717) is 19.3 Å². The minimum absolute atomic E-state index is 0.363. The van der Waals surface area contributed by atoms with Gasteiger partial charge >= 0.3 is 0 Å². The molecular formula is C21H44O4S. The highest BCUT2D eigenvalue weighted by molar-refractivity contribution is 7.86. The highest BCUT2D eigenvalue weighted by Gasteiger charge is 2.23. The van der Waals surface area contributed by atoms with Gasteiger partial charge in [-0.05, 0) is 25.7 Å². The lowest BCUT2D eigenvalue weighted by Gasteiger charge is -2.16. The van der Waals surface area contributed by atoms with Crippen LogP contribution in [0, 0.1) is 0 Å². The number of rotatable bonds is 19. The van der Waals surface area contributed by atoms with Gasteiger partial charge in [0.05, 0.1) is 11.4 Å². The minimum Gasteiger partial charge on any atom is -0.393 e. The number of aliphatic hydroxyl groups is 1. The molecule has 4 nitrogen and oxygen atoms in total. The zero-order valence-electron chi connectivity index (χ0n) is 17.3. The molecule has 0 fully saturated rings. The molecule has 26 heavy (non-hydrogen) atoms. The second-order valence-corrected chi connectivity index (χ2v) is 9.53. The molecule has 0 spiro atoms. The number of unbranched alkanes of at least 4 members (excludes halogenated alkanes) is 11. The van der Waals surface area contributed by atoms with Crippen LogP contribution in [-0.4, -0.2) is 29.4 Å². The highest BCUT2D eigenvalue weighted by Crippen LogP contribution is 2.19. The van der Waals surface area contributed by atoms with E-state index >= 15 is 0 Å². The molecule has 0 aliphatic carbocycles. The lowest BCUT2D eigenvalue weighted by molar-refractivity contribution is 0.147. The van der Waals surface area contributed by atoms with Crippen LogP contribution in [0.5, 0.6) is 0 Å². The fourth-order valence-electron chi connectivity index (χ4n) is 3.45. The van der Waals surface area contributed by atoms with E-state index in [0.717, 1.165) is 38.5 Å². The van der Waals surface area contributed by atoms with Gasteiger partial charge in [0, 0.05) is 0 Å². The molecule has 0 rings (SSSR count). The number of aliphatic hydroxyl groups excluding tert-OH is 1. The van der Waals surface area contributed by atoms with Crippen LogP contribution in [0.15, 0.2) is 0 Å². The Hall–Kier alpha value is -0.130. The van der Waals surface area contributed by atoms with Crippen LogP contribution in [0.4, 0.5) is 0 Å². The van der Waals surface area contributed by atoms with Crippen LogP contribution >= 0.6 is 0 Å². The van der Waals surface area contributed by atoms with Gasteiger partial charge in [0.2, 0.25) is 0 Å². The van der Waals surface area contributed by atoms with Crippen molar-refractivity contribution in [2.75, 3.05) is 0 Å². The van der Waals surface area contributed by atoms with Gasteiger partial charge in [0.25, 0.3) is 10.1 Å². The van der Waals surface area contributed by atoms with Gasteiger partial charge < -0.3 is 5.11 Å². The smallest absolute Gasteiger partial charge is 0.267 e. The Morgan fingerprint density at radius 3 is 1.54 bits per heavy atom. The Morgan fingerprint density at radius 2 is 1.04 bits per heavy atom. The first-order chi connectivity index (χ1) is 12.4. The summed E-state index contributed by atoms with van der Waals surface area (Å²) in [5, 5.41) is 9.37. The van der Waals surface area contributed by atoms with Crippen molar-refractivity contribution in [1.29, 1.82) is 0 Å². The van der Waals surface area contributed by atoms with Crippen molar-refractivity contribution in [3.8, 4) is 0 Å². The van der Waals surface area contributed by atoms with E-state index in [2.05, 4.69) is 13.8 Å². The third-order valence-electron chi connectivity index (χ3n) is 5.26. The SMILES string of the molecule is CCCCCCCCCCCCC(O)CCC(CCCCC)S(=O)(=O)O. The molecule has 158 valence electrons. The van der Waals surface area contributed by atoms with E-state index in [1.165, 1.54) is 51.4 Å². The summed E-state index contributed by atoms with van der Waals surface area (Å²) in [6, 6.07) is 0. The van der Waals surface area contributed by atoms with Crippen molar-refractivity contribution in [3.05, 3.63) is 0 Å². The monoisotopic (exact) mass is 392 g/mol. The molecule has 0 bridgehead atoms. The summed E-state index contributed by atoms with van der Waals surface area (Å²) < 4.78 is 32.3. The molecule has 0 aliphatic heterocycles. The van der Waals surface area contributed by atoms with E-state index in [9.17, 15) is 18.1 Å². The first-order valence-corrected chi connectivity index (χ1v) is 12.6. The molecule has 0 heterocycles. The van der Waals surface area contributed by atoms with Crippen molar-refractivity contribution >= 4 is 10.1 Å². The molecule has 0 aromatic heterocycles. The maximum absolute atomic E-state index is 11.5. The Bertz CT molecular complexity index is 395. The zero-order valence-corrected chi connectivity index (χ0v) is 18.1. The lowest BCUT2D eigenvalue weighted by Crippen LogP contribution is -2.22. The molecule has 2 unspecified atom stereocenters. The van der Waals surface area contributed by atoms with E-state index in [1.54, 1.807) is 0 Å². The molecule has 0 saturated carbocycles. The van der Waals surface area contributed by atoms with Crippen LogP contribution in [0.25, 0.3) is 0 Å². The second kappa shape index (κ2) is 17.0. The quantitative estimate of drug-likeness (QED) is 0.200. The average Bonchev–Trinajstić information content (AvgIpc) is 2.58. The Morgan fingerprint density at radius 1 is 0.615 bits per heavy atom. The van der Waals surface area contributed by atoms with Gasteiger partial charge in [0.15, 0.2) is 0 Å². The van der Waals surface area contributed by atoms with E-state index < -0.39 is 21.5 Å². The van der Waals surface area contributed by atoms with Crippen LogP contribution < -0.4 is 0 Å². The summed E-state index contributed by atoms with van der Waals surface area (Å²) in [5.41, 5.74) is 0. The van der Waals surface area contributed by atoms with Gasteiger partial charge in [-0.25, -0.2) is 0 Å². The summed E-state index contributed by atoms with van der Waals surface area (Å²) in [6.45, 7) is 4.31. The lowest BCUT2D eigenvalue weighted by atomic mass is 10.0. The van der Waals surface area contributed by atoms with Crippen molar-refractivity contribution in [3.63, 3.8) is 0 Å². The fraction of sp³-hybridized carbons (Fsp3) is 1.00. The summed E-state index contributed by atoms with van der Waals surface area (Å²) >= 11 is 0. The van der Waals surface area contributed by atoms with Gasteiger partial charge in [-0.15, -0.1) is 0 Å². The Labute approximate surface area is 162 Å². The average molecular weight is 393 g/mol. The third kappa shape index (κ3) is 16.1. The molecular weight excluding hydrogens is 348 g/mol. The number of hydrogen-bond acceptors (Lipinski definition) is 3. The topological polar surface area (TPSA) is 74.6 Å². The van der Waals surface area contributed by atoms with Crippen molar-refractivity contribution in [2.24, 2.45) is 0 Å². The van der Waals surface area contributed by atoms with Gasteiger partial charge in [0.1, 0.15) is 0 Å². The van der Waals surface area contributed by atoms with Crippen molar-refractivity contribution in [2.45, 2.75) is 134 Å². The molecule has 0 aromatic carbocycles. The maximum Gasteiger partial charge on any atom is 0.267 e. The van der Waals surface area contributed by atoms with Crippen LogP contribution in [0.2, 0.25) is 0 Å². The standard InChI is InChI=1S/C21H44O4S/c1-3-5-7-8-9-10-11-12-13-15-16-20(22)18-19-21(26(23,24)25)17-14-6-4-2/h20-22H,3-19H2,1-2H3,(H,23,24,25). The van der Waals surface area contributed by atoms with E-state index in [-0.39, 0.29) is 0 Å². The van der Waals surface area contributed by atoms with E-state index in [1.807, 2.05) is 0 Å². The molecule has 2 N–H and O–H groups in total. The predicted molar refractivity (Wildman–Crippen MR) is 111 cm³/mol. The van der Waals surface area contributed by atoms with Crippen LogP contribution in [0.3, 0.4) is 0 Å². The van der Waals surface area contributed by atoms with Crippen LogP contribution in [-0.2, 0) is 10.1 Å². The molecule has 0 radical (unpaired) electrons. The predicted octanol–water partition coefficient (Wildman–Crippen LogP) is 6.28. The van der Waals surface area contributed by atoms with E-state index in [4.69, 9.17) is 0 Å². The van der Waals surface area contributed by atoms with Gasteiger partial charge in [-0.2, -0.15) is 8.42 Å². The third-order valence-corrected chi connectivity index (χ3v) is 6.58. The highest BCUT2D eigenvalue weighted by atomic mass is 32.2. The van der Waals surface area contributed by atoms with Crippen molar-refractivity contribution < 1.29 is 18.1 Å². The summed E-state index contributed by atoms with van der Waals surface area (Å²) in [7, 11) is -4.00. The first kappa shape index (κ1) is 25.9. The maximum atomic E-state index is 11.5. The summed E-state index contributed by atoms with van der Waals surface area (Å²) in [4.78, 5) is 0. The van der Waals surface area contributed by atoms with Crippen LogP contribution in [0.1, 0.15) is 123 Å². The summed E-state index contributed by atoms with van der Waals surface area (Å²) in [6.07, 6.45) is 17.1. The van der Waals surface area contributed by atoms with Gasteiger partial charge in [-0.1, -0.05) is 97.3 Å². The van der Waals surface area contributed by atoms with Crippen molar-refractivity contribution in [1.82, 2.24) is 0 Å². The minimum atomic E-state index is -4.00. The Balaban J connectivity index is 3.69.